The minimum Gasteiger partial charge on any atom is -0.406 e. The molecular weight excluding hydrogens is 373 g/mol. The summed E-state index contributed by atoms with van der Waals surface area (Å²) in [6.07, 6.45) is -0.761. The van der Waals surface area contributed by atoms with E-state index in [0.29, 0.717) is 11.3 Å². The Kier molecular flexibility index (Phi) is 5.87. The number of carbonyl (C=O) groups is 2. The van der Waals surface area contributed by atoms with Crippen LogP contribution < -0.4 is 15.4 Å². The normalized spacial score (nSPS) is 14.5. The van der Waals surface area contributed by atoms with Gasteiger partial charge in [-0.3, -0.25) is 9.59 Å². The van der Waals surface area contributed by atoms with E-state index in [1.165, 1.54) is 12.1 Å². The van der Waals surface area contributed by atoms with E-state index in [1.807, 2.05) is 0 Å². The van der Waals surface area contributed by atoms with Gasteiger partial charge in [0.15, 0.2) is 0 Å². The Morgan fingerprint density at radius 2 is 1.57 bits per heavy atom. The molecule has 5 nitrogen and oxygen atoms in total. The molecule has 0 heterocycles. The van der Waals surface area contributed by atoms with E-state index in [-0.39, 0.29) is 17.5 Å². The van der Waals surface area contributed by atoms with Gasteiger partial charge in [-0.1, -0.05) is 25.0 Å². The third-order valence-corrected chi connectivity index (χ3v) is 4.46. The van der Waals surface area contributed by atoms with E-state index < -0.39 is 18.0 Å². The highest BCUT2D eigenvalue weighted by atomic mass is 19.4. The van der Waals surface area contributed by atoms with Crippen LogP contribution >= 0.6 is 0 Å². The monoisotopic (exact) mass is 392 g/mol. The molecule has 0 bridgehead atoms. The average Bonchev–Trinajstić information content (AvgIpc) is 3.14. The maximum atomic E-state index is 12.5. The Morgan fingerprint density at radius 3 is 2.21 bits per heavy atom. The summed E-state index contributed by atoms with van der Waals surface area (Å²) in [5, 5.41) is 5.60. The van der Waals surface area contributed by atoms with E-state index >= 15 is 0 Å². The fraction of sp³-hybridized carbons (Fsp3) is 0.300. The molecule has 1 fully saturated rings. The molecule has 2 aromatic rings. The number of hydrogen-bond donors (Lipinski definition) is 2. The molecule has 2 amide bonds. The topological polar surface area (TPSA) is 67.4 Å². The van der Waals surface area contributed by atoms with Crippen LogP contribution in [0.1, 0.15) is 46.4 Å². The summed E-state index contributed by atoms with van der Waals surface area (Å²) in [5.74, 6) is -1.23. The highest BCUT2D eigenvalue weighted by molar-refractivity contribution is 6.09. The number of anilines is 1. The Labute approximate surface area is 159 Å². The number of nitrogens with one attached hydrogen (secondary N) is 2. The van der Waals surface area contributed by atoms with Crippen molar-refractivity contribution in [3.05, 3.63) is 59.7 Å². The van der Waals surface area contributed by atoms with Crippen molar-refractivity contribution < 1.29 is 27.5 Å². The van der Waals surface area contributed by atoms with Crippen LogP contribution in [-0.4, -0.2) is 24.2 Å². The van der Waals surface area contributed by atoms with Crippen molar-refractivity contribution in [2.45, 2.75) is 38.1 Å². The number of halogens is 3. The van der Waals surface area contributed by atoms with Crippen molar-refractivity contribution in [3.8, 4) is 5.75 Å². The summed E-state index contributed by atoms with van der Waals surface area (Å²) in [6, 6.07) is 11.3. The number of amides is 2. The zero-order chi connectivity index (χ0) is 20.1. The van der Waals surface area contributed by atoms with Gasteiger partial charge in [0.2, 0.25) is 0 Å². The molecule has 8 heteroatoms. The van der Waals surface area contributed by atoms with Gasteiger partial charge < -0.3 is 15.4 Å². The van der Waals surface area contributed by atoms with E-state index in [0.717, 1.165) is 37.8 Å². The molecule has 2 N–H and O–H groups in total. The zero-order valence-corrected chi connectivity index (χ0v) is 14.9. The van der Waals surface area contributed by atoms with E-state index in [2.05, 4.69) is 15.4 Å². The van der Waals surface area contributed by atoms with Gasteiger partial charge in [0.25, 0.3) is 11.8 Å². The molecule has 0 aromatic heterocycles. The molecule has 3 rings (SSSR count). The smallest absolute Gasteiger partial charge is 0.406 e. The molecule has 0 radical (unpaired) electrons. The van der Waals surface area contributed by atoms with Crippen molar-refractivity contribution in [1.29, 1.82) is 0 Å². The first-order valence-electron chi connectivity index (χ1n) is 8.89. The Balaban J connectivity index is 1.69. The van der Waals surface area contributed by atoms with Gasteiger partial charge in [0, 0.05) is 11.6 Å². The van der Waals surface area contributed by atoms with Gasteiger partial charge in [-0.05, 0) is 49.2 Å². The summed E-state index contributed by atoms with van der Waals surface area (Å²) < 4.78 is 40.4. The van der Waals surface area contributed by atoms with Crippen LogP contribution in [0.15, 0.2) is 48.5 Å². The predicted octanol–water partition coefficient (Wildman–Crippen LogP) is 4.51. The zero-order valence-electron chi connectivity index (χ0n) is 14.9. The van der Waals surface area contributed by atoms with Crippen LogP contribution in [0, 0.1) is 0 Å². The van der Waals surface area contributed by atoms with Gasteiger partial charge >= 0.3 is 6.36 Å². The maximum absolute atomic E-state index is 12.5. The SMILES string of the molecule is O=C(Nc1ccccc1C(=O)NC1CCCC1)c1ccc(OC(F)(F)F)cc1. The van der Waals surface area contributed by atoms with Crippen LogP contribution in [0.25, 0.3) is 0 Å². The van der Waals surface area contributed by atoms with Crippen LogP contribution in [0.4, 0.5) is 18.9 Å². The van der Waals surface area contributed by atoms with Crippen LogP contribution in [0.2, 0.25) is 0 Å². The first kappa shape index (κ1) is 19.7. The van der Waals surface area contributed by atoms with Gasteiger partial charge in [0.05, 0.1) is 11.3 Å². The summed E-state index contributed by atoms with van der Waals surface area (Å²) >= 11 is 0. The standard InChI is InChI=1S/C20H19F3N2O3/c21-20(22,23)28-15-11-9-13(10-12-15)18(26)25-17-8-4-3-7-16(17)19(27)24-14-5-1-2-6-14/h3-4,7-12,14H,1-2,5-6H2,(H,24,27)(H,25,26). The average molecular weight is 392 g/mol. The lowest BCUT2D eigenvalue weighted by Gasteiger charge is -2.15. The van der Waals surface area contributed by atoms with Gasteiger partial charge in [-0.15, -0.1) is 13.2 Å². The van der Waals surface area contributed by atoms with E-state index in [4.69, 9.17) is 0 Å². The minimum atomic E-state index is -4.80. The number of alkyl halides is 3. The first-order chi connectivity index (χ1) is 13.3. The molecule has 0 aliphatic heterocycles. The number of rotatable bonds is 5. The van der Waals surface area contributed by atoms with Crippen LogP contribution in [0.5, 0.6) is 5.75 Å². The molecule has 148 valence electrons. The summed E-state index contributed by atoms with van der Waals surface area (Å²) in [4.78, 5) is 25.0. The number of carbonyl (C=O) groups excluding carboxylic acids is 2. The molecular formula is C20H19F3N2O3. The Hall–Kier alpha value is -3.03. The molecule has 0 spiro atoms. The third-order valence-electron chi connectivity index (χ3n) is 4.46. The lowest BCUT2D eigenvalue weighted by Crippen LogP contribution is -2.33. The fourth-order valence-corrected chi connectivity index (χ4v) is 3.13. The van der Waals surface area contributed by atoms with Crippen LogP contribution in [0.3, 0.4) is 0 Å². The third kappa shape index (κ3) is 5.25. The van der Waals surface area contributed by atoms with Crippen molar-refractivity contribution in [2.24, 2.45) is 0 Å². The highest BCUT2D eigenvalue weighted by Gasteiger charge is 2.31. The fourth-order valence-electron chi connectivity index (χ4n) is 3.13. The second-order valence-corrected chi connectivity index (χ2v) is 6.53. The highest BCUT2D eigenvalue weighted by Crippen LogP contribution is 2.24. The summed E-state index contributed by atoms with van der Waals surface area (Å²) in [6.45, 7) is 0. The second kappa shape index (κ2) is 8.33. The maximum Gasteiger partial charge on any atom is 0.573 e. The Morgan fingerprint density at radius 1 is 0.929 bits per heavy atom. The first-order valence-corrected chi connectivity index (χ1v) is 8.89. The number of ether oxygens (including phenoxy) is 1. The summed E-state index contributed by atoms with van der Waals surface area (Å²) in [5.41, 5.74) is 0.805. The van der Waals surface area contributed by atoms with Gasteiger partial charge in [0.1, 0.15) is 5.75 Å². The summed E-state index contributed by atoms with van der Waals surface area (Å²) in [7, 11) is 0. The minimum absolute atomic E-state index is 0.137. The van der Waals surface area contributed by atoms with Crippen molar-refractivity contribution in [1.82, 2.24) is 5.32 Å². The molecule has 1 saturated carbocycles. The largest absolute Gasteiger partial charge is 0.573 e. The molecule has 0 saturated heterocycles. The number of para-hydroxylation sites is 1. The number of hydrogen-bond acceptors (Lipinski definition) is 3. The quantitative estimate of drug-likeness (QED) is 0.787. The molecule has 0 unspecified atom stereocenters. The van der Waals surface area contributed by atoms with Crippen molar-refractivity contribution >= 4 is 17.5 Å². The predicted molar refractivity (Wildman–Crippen MR) is 97.2 cm³/mol. The lowest BCUT2D eigenvalue weighted by atomic mass is 10.1. The second-order valence-electron chi connectivity index (χ2n) is 6.53. The molecule has 2 aromatic carbocycles. The molecule has 1 aliphatic rings. The van der Waals surface area contributed by atoms with E-state index in [9.17, 15) is 22.8 Å². The van der Waals surface area contributed by atoms with Gasteiger partial charge in [-0.2, -0.15) is 0 Å². The van der Waals surface area contributed by atoms with E-state index in [1.54, 1.807) is 24.3 Å². The molecule has 28 heavy (non-hydrogen) atoms. The van der Waals surface area contributed by atoms with Crippen molar-refractivity contribution in [3.63, 3.8) is 0 Å². The lowest BCUT2D eigenvalue weighted by molar-refractivity contribution is -0.274. The van der Waals surface area contributed by atoms with Gasteiger partial charge in [-0.25, -0.2) is 0 Å². The van der Waals surface area contributed by atoms with Crippen molar-refractivity contribution in [2.75, 3.05) is 5.32 Å². The van der Waals surface area contributed by atoms with Crippen LogP contribution in [-0.2, 0) is 0 Å². The molecule has 0 atom stereocenters. The Bertz CT molecular complexity index is 845. The number of benzene rings is 2. The molecule has 1 aliphatic carbocycles.